The molecule has 0 atom stereocenters. The lowest BCUT2D eigenvalue weighted by Gasteiger charge is -2.15. The fraction of sp³-hybridized carbons (Fsp3) is 0.619. The van der Waals surface area contributed by atoms with E-state index in [1.54, 1.807) is 12.1 Å². The Labute approximate surface area is 191 Å². The molecule has 164 valence electrons. The lowest BCUT2D eigenvalue weighted by molar-refractivity contribution is 0.0487. The third-order valence-electron chi connectivity index (χ3n) is 4.69. The van der Waals surface area contributed by atoms with Crippen LogP contribution in [0.15, 0.2) is 29.3 Å². The van der Waals surface area contributed by atoms with Crippen molar-refractivity contribution in [3.63, 3.8) is 0 Å². The van der Waals surface area contributed by atoms with Gasteiger partial charge in [-0.15, -0.1) is 24.0 Å². The first-order valence-corrected chi connectivity index (χ1v) is 10.4. The molecule has 0 aromatic heterocycles. The Balaban J connectivity index is 0.00000420. The number of hydrogen-bond donors (Lipinski definition) is 4. The van der Waals surface area contributed by atoms with Crippen molar-refractivity contribution < 1.29 is 14.6 Å². The highest BCUT2D eigenvalue weighted by Crippen LogP contribution is 2.19. The minimum absolute atomic E-state index is 0. The lowest BCUT2D eigenvalue weighted by atomic mass is 10.1. The Morgan fingerprint density at radius 1 is 1.07 bits per heavy atom. The largest absolute Gasteiger partial charge is 0.508 e. The SMILES string of the molecule is CCNC(=NCCOC1CCCCCC1)NCCNC(=O)c1ccc(O)cc1.I. The van der Waals surface area contributed by atoms with Gasteiger partial charge >= 0.3 is 0 Å². The van der Waals surface area contributed by atoms with Crippen molar-refractivity contribution in [2.45, 2.75) is 51.6 Å². The topological polar surface area (TPSA) is 95.0 Å². The van der Waals surface area contributed by atoms with Crippen molar-refractivity contribution in [2.24, 2.45) is 4.99 Å². The fourth-order valence-corrected chi connectivity index (χ4v) is 3.20. The molecule has 7 nitrogen and oxygen atoms in total. The molecule has 1 aliphatic carbocycles. The first-order valence-electron chi connectivity index (χ1n) is 10.4. The molecule has 1 amide bonds. The number of carbonyl (C=O) groups is 1. The Bertz CT molecular complexity index is 602. The summed E-state index contributed by atoms with van der Waals surface area (Å²) < 4.78 is 5.97. The molecule has 0 saturated heterocycles. The molecule has 1 aliphatic rings. The summed E-state index contributed by atoms with van der Waals surface area (Å²) in [5.41, 5.74) is 0.522. The molecule has 0 heterocycles. The van der Waals surface area contributed by atoms with E-state index in [2.05, 4.69) is 20.9 Å². The van der Waals surface area contributed by atoms with Gasteiger partial charge in [-0.05, 0) is 44.0 Å². The van der Waals surface area contributed by atoms with Crippen LogP contribution in [-0.4, -0.2) is 55.9 Å². The van der Waals surface area contributed by atoms with Crippen molar-refractivity contribution in [1.82, 2.24) is 16.0 Å². The van der Waals surface area contributed by atoms with Crippen LogP contribution in [0.2, 0.25) is 0 Å². The summed E-state index contributed by atoms with van der Waals surface area (Å²) in [5.74, 6) is 0.708. The average Bonchev–Trinajstić information content (AvgIpc) is 2.97. The van der Waals surface area contributed by atoms with Gasteiger partial charge in [-0.25, -0.2) is 0 Å². The van der Waals surface area contributed by atoms with Gasteiger partial charge in [0.2, 0.25) is 0 Å². The first-order chi connectivity index (χ1) is 13.7. The second-order valence-corrected chi connectivity index (χ2v) is 6.97. The summed E-state index contributed by atoms with van der Waals surface area (Å²) in [6.07, 6.45) is 7.93. The van der Waals surface area contributed by atoms with Gasteiger partial charge in [0.25, 0.3) is 5.91 Å². The van der Waals surface area contributed by atoms with Crippen LogP contribution in [0.4, 0.5) is 0 Å². The summed E-state index contributed by atoms with van der Waals surface area (Å²) in [5, 5.41) is 18.5. The molecule has 1 aromatic carbocycles. The van der Waals surface area contributed by atoms with E-state index in [9.17, 15) is 9.90 Å². The fourth-order valence-electron chi connectivity index (χ4n) is 3.20. The predicted molar refractivity (Wildman–Crippen MR) is 127 cm³/mol. The minimum Gasteiger partial charge on any atom is -0.508 e. The molecule has 4 N–H and O–H groups in total. The maximum Gasteiger partial charge on any atom is 0.251 e. The van der Waals surface area contributed by atoms with Crippen LogP contribution in [-0.2, 0) is 4.74 Å². The number of guanidine groups is 1. The van der Waals surface area contributed by atoms with Gasteiger partial charge in [-0.2, -0.15) is 0 Å². The van der Waals surface area contributed by atoms with Gasteiger partial charge < -0.3 is 25.8 Å². The van der Waals surface area contributed by atoms with Crippen LogP contribution in [0.3, 0.4) is 0 Å². The molecule has 1 saturated carbocycles. The molecule has 8 heteroatoms. The van der Waals surface area contributed by atoms with E-state index in [4.69, 9.17) is 4.74 Å². The van der Waals surface area contributed by atoms with Crippen LogP contribution in [0.1, 0.15) is 55.8 Å². The number of nitrogens with one attached hydrogen (secondary N) is 3. The highest BCUT2D eigenvalue weighted by molar-refractivity contribution is 14.0. The molecular formula is C21H35IN4O3. The first kappa shape index (κ1) is 25.5. The van der Waals surface area contributed by atoms with Crippen molar-refractivity contribution in [1.29, 1.82) is 0 Å². The number of nitrogens with zero attached hydrogens (tertiary/aromatic N) is 1. The molecule has 29 heavy (non-hydrogen) atoms. The number of carbonyl (C=O) groups excluding carboxylic acids is 1. The van der Waals surface area contributed by atoms with Gasteiger partial charge in [0, 0.05) is 25.2 Å². The molecular weight excluding hydrogens is 483 g/mol. The maximum atomic E-state index is 12.0. The summed E-state index contributed by atoms with van der Waals surface area (Å²) in [7, 11) is 0. The van der Waals surface area contributed by atoms with E-state index in [-0.39, 0.29) is 35.6 Å². The van der Waals surface area contributed by atoms with Crippen LogP contribution >= 0.6 is 24.0 Å². The summed E-state index contributed by atoms with van der Waals surface area (Å²) in [6, 6.07) is 6.19. The monoisotopic (exact) mass is 518 g/mol. The van der Waals surface area contributed by atoms with Crippen LogP contribution in [0.5, 0.6) is 5.75 Å². The average molecular weight is 518 g/mol. The number of rotatable bonds is 9. The van der Waals surface area contributed by atoms with E-state index >= 15 is 0 Å². The van der Waals surface area contributed by atoms with E-state index in [0.717, 1.165) is 12.5 Å². The van der Waals surface area contributed by atoms with Gasteiger partial charge in [0.15, 0.2) is 5.96 Å². The lowest BCUT2D eigenvalue weighted by Crippen LogP contribution is -2.41. The van der Waals surface area contributed by atoms with Gasteiger partial charge in [-0.3, -0.25) is 9.79 Å². The number of hydrogen-bond acceptors (Lipinski definition) is 4. The minimum atomic E-state index is -0.166. The molecule has 0 unspecified atom stereocenters. The smallest absolute Gasteiger partial charge is 0.251 e. The number of amides is 1. The zero-order valence-electron chi connectivity index (χ0n) is 17.3. The van der Waals surface area contributed by atoms with Gasteiger partial charge in [0.1, 0.15) is 5.75 Å². The van der Waals surface area contributed by atoms with Crippen molar-refractivity contribution >= 4 is 35.8 Å². The Morgan fingerprint density at radius 2 is 1.72 bits per heavy atom. The zero-order chi connectivity index (χ0) is 20.0. The molecule has 0 spiro atoms. The molecule has 2 rings (SSSR count). The van der Waals surface area contributed by atoms with Crippen molar-refractivity contribution in [3.05, 3.63) is 29.8 Å². The van der Waals surface area contributed by atoms with Crippen molar-refractivity contribution in [2.75, 3.05) is 32.8 Å². The van der Waals surface area contributed by atoms with E-state index in [0.29, 0.717) is 37.9 Å². The Kier molecular flexibility index (Phi) is 13.5. The zero-order valence-corrected chi connectivity index (χ0v) is 19.6. The Morgan fingerprint density at radius 3 is 2.38 bits per heavy atom. The normalized spacial score (nSPS) is 15.1. The standard InChI is InChI=1S/C21H34N4O3.HI/c1-2-22-21(25-15-16-28-19-7-5-3-4-6-8-19)24-14-13-23-20(27)17-9-11-18(26)12-10-17;/h9-12,19,26H,2-8,13-16H2,1H3,(H,23,27)(H2,22,24,25);1H. The van der Waals surface area contributed by atoms with Crippen LogP contribution in [0.25, 0.3) is 0 Å². The summed E-state index contributed by atoms with van der Waals surface area (Å²) in [4.78, 5) is 16.6. The molecule has 1 fully saturated rings. The number of aliphatic imine (C=N–C) groups is 1. The third-order valence-corrected chi connectivity index (χ3v) is 4.69. The number of benzene rings is 1. The highest BCUT2D eigenvalue weighted by atomic mass is 127. The number of phenols is 1. The maximum absolute atomic E-state index is 12.0. The van der Waals surface area contributed by atoms with Gasteiger partial charge in [0.05, 0.1) is 19.3 Å². The second-order valence-electron chi connectivity index (χ2n) is 6.97. The molecule has 1 aromatic rings. The molecule has 0 radical (unpaired) electrons. The summed E-state index contributed by atoms with van der Waals surface area (Å²) in [6.45, 7) is 5.09. The van der Waals surface area contributed by atoms with Gasteiger partial charge in [-0.1, -0.05) is 25.7 Å². The number of aromatic hydroxyl groups is 1. The quantitative estimate of drug-likeness (QED) is 0.133. The molecule has 0 aliphatic heterocycles. The number of ether oxygens (including phenoxy) is 1. The van der Waals surface area contributed by atoms with E-state index < -0.39 is 0 Å². The summed E-state index contributed by atoms with van der Waals surface area (Å²) >= 11 is 0. The third kappa shape index (κ3) is 10.7. The second kappa shape index (κ2) is 15.3. The predicted octanol–water partition coefficient (Wildman–Crippen LogP) is 3.03. The van der Waals surface area contributed by atoms with E-state index in [1.165, 1.54) is 50.7 Å². The van der Waals surface area contributed by atoms with Crippen LogP contribution in [0, 0.1) is 0 Å². The number of halogens is 1. The van der Waals surface area contributed by atoms with E-state index in [1.807, 2.05) is 6.92 Å². The highest BCUT2D eigenvalue weighted by Gasteiger charge is 2.12. The van der Waals surface area contributed by atoms with Crippen molar-refractivity contribution in [3.8, 4) is 5.75 Å². The Hall–Kier alpha value is -1.55. The van der Waals surface area contributed by atoms with Crippen LogP contribution < -0.4 is 16.0 Å². The number of phenolic OH excluding ortho intramolecular Hbond substituents is 1. The molecule has 0 bridgehead atoms.